The molecule has 2 aromatic carbocycles. The van der Waals surface area contributed by atoms with Crippen LogP contribution in [-0.4, -0.2) is 75.0 Å². The molecule has 4 aliphatic heterocycles. The molecule has 44 heavy (non-hydrogen) atoms. The molecule has 2 saturated heterocycles. The lowest BCUT2D eigenvalue weighted by atomic mass is 9.82. The van der Waals surface area contributed by atoms with Crippen LogP contribution in [0.5, 0.6) is 0 Å². The summed E-state index contributed by atoms with van der Waals surface area (Å²) < 4.78 is 22.9. The number of benzene rings is 2. The fourth-order valence-corrected chi connectivity index (χ4v) is 10.6. The van der Waals surface area contributed by atoms with E-state index in [1.54, 1.807) is 48.1 Å². The smallest absolute Gasteiger partial charge is 0.264 e. The Balaban J connectivity index is 1.31. The molecule has 1 unspecified atom stereocenters. The fourth-order valence-electron chi connectivity index (χ4n) is 8.08. The molecule has 0 bridgehead atoms. The molecule has 11 heteroatoms. The van der Waals surface area contributed by atoms with Crippen LogP contribution < -0.4 is 15.5 Å². The van der Waals surface area contributed by atoms with Gasteiger partial charge in [-0.05, 0) is 68.2 Å². The number of anilines is 2. The lowest BCUT2D eigenvalue weighted by molar-refractivity contribution is -0.150. The third-order valence-electron chi connectivity index (χ3n) is 10.3. The van der Waals surface area contributed by atoms with Crippen molar-refractivity contribution < 1.29 is 28.3 Å². The molecule has 9 nitrogen and oxygen atoms in total. The van der Waals surface area contributed by atoms with Crippen LogP contribution in [0.25, 0.3) is 0 Å². The summed E-state index contributed by atoms with van der Waals surface area (Å²) in [5.41, 5.74) is 1.82. The van der Waals surface area contributed by atoms with Gasteiger partial charge >= 0.3 is 0 Å². The summed E-state index contributed by atoms with van der Waals surface area (Å²) in [6, 6.07) is 12.9. The van der Waals surface area contributed by atoms with Crippen LogP contribution in [0.15, 0.2) is 42.5 Å². The Morgan fingerprint density at radius 1 is 1.20 bits per heavy atom. The Morgan fingerprint density at radius 2 is 1.95 bits per heavy atom. The number of piperidine rings is 1. The van der Waals surface area contributed by atoms with Gasteiger partial charge in [0.2, 0.25) is 20.2 Å². The largest absolute Gasteiger partial charge is 0.394 e. The Labute approximate surface area is 259 Å². The minimum Gasteiger partial charge on any atom is -0.394 e. The highest BCUT2D eigenvalue weighted by molar-refractivity contribution is 6.72. The second-order valence-electron chi connectivity index (χ2n) is 13.4. The number of rotatable bonds is 6. The molecule has 3 N–H and O–H groups in total. The predicted octanol–water partition coefficient (Wildman–Crippen LogP) is 3.71. The highest BCUT2D eigenvalue weighted by Gasteiger charge is 2.66. The van der Waals surface area contributed by atoms with Gasteiger partial charge < -0.3 is 34.4 Å². The maximum Gasteiger partial charge on any atom is 0.264 e. The van der Waals surface area contributed by atoms with E-state index in [0.717, 1.165) is 30.5 Å². The fraction of sp³-hybridized carbons (Fsp3) is 0.545. The Morgan fingerprint density at radius 3 is 2.64 bits per heavy atom. The first-order chi connectivity index (χ1) is 21.0. The third kappa shape index (κ3) is 5.17. The zero-order valence-corrected chi connectivity index (χ0v) is 26.9. The van der Waals surface area contributed by atoms with E-state index in [2.05, 4.69) is 10.6 Å². The number of likely N-dealkylation sites (N-methyl/N-ethyl adjacent to an activating group) is 1. The maximum absolute atomic E-state index is 16.2. The zero-order valence-electron chi connectivity index (χ0n) is 25.9. The predicted molar refractivity (Wildman–Crippen MR) is 168 cm³/mol. The number of aliphatic hydroxyl groups excluding tert-OH is 1. The lowest BCUT2D eigenvalue weighted by Gasteiger charge is -2.37. The summed E-state index contributed by atoms with van der Waals surface area (Å²) in [5, 5.41) is 16.5. The van der Waals surface area contributed by atoms with E-state index < -0.39 is 31.6 Å². The molecule has 4 heterocycles. The van der Waals surface area contributed by atoms with E-state index in [4.69, 9.17) is 4.74 Å². The summed E-state index contributed by atoms with van der Waals surface area (Å²) in [7, 11) is -1.79. The first-order valence-corrected chi connectivity index (χ1v) is 18.7. The van der Waals surface area contributed by atoms with Gasteiger partial charge in [0.05, 0.1) is 36.8 Å². The minimum absolute atomic E-state index is 0.0792. The second-order valence-corrected chi connectivity index (χ2v) is 17.2. The maximum atomic E-state index is 16.2. The highest BCUT2D eigenvalue weighted by Crippen LogP contribution is 2.60. The number of nitrogens with one attached hydrogen (secondary N) is 2. The van der Waals surface area contributed by atoms with Crippen LogP contribution in [0.3, 0.4) is 0 Å². The van der Waals surface area contributed by atoms with Gasteiger partial charge in [0.1, 0.15) is 0 Å². The number of carbonyl (C=O) groups is 3. The van der Waals surface area contributed by atoms with Crippen molar-refractivity contribution in [3.05, 3.63) is 59.2 Å². The van der Waals surface area contributed by atoms with Crippen molar-refractivity contribution in [1.29, 1.82) is 0 Å². The van der Waals surface area contributed by atoms with Crippen molar-refractivity contribution >= 4 is 37.5 Å². The second kappa shape index (κ2) is 11.7. The number of halogens is 1. The number of hydrogen-bond donors (Lipinski definition) is 3. The monoisotopic (exact) mass is 622 g/mol. The molecule has 6 rings (SSSR count). The highest BCUT2D eigenvalue weighted by atomic mass is 28.4. The molecular formula is C33H43FN4O5Si. The van der Waals surface area contributed by atoms with Gasteiger partial charge in [-0.1, -0.05) is 31.2 Å². The van der Waals surface area contributed by atoms with Gasteiger partial charge in [0, 0.05) is 42.8 Å². The Kier molecular flexibility index (Phi) is 8.19. The summed E-state index contributed by atoms with van der Waals surface area (Å²) in [5.74, 6) is -1.29. The number of ether oxygens (including phenoxy) is 1. The van der Waals surface area contributed by atoms with Crippen molar-refractivity contribution in [2.75, 3.05) is 37.0 Å². The van der Waals surface area contributed by atoms with Crippen molar-refractivity contribution in [2.24, 2.45) is 11.8 Å². The van der Waals surface area contributed by atoms with Crippen LogP contribution in [0.4, 0.5) is 15.5 Å². The summed E-state index contributed by atoms with van der Waals surface area (Å²) in [6.45, 7) is 6.78. The molecule has 0 aromatic heterocycles. The van der Waals surface area contributed by atoms with Gasteiger partial charge in [0.15, 0.2) is 5.60 Å². The van der Waals surface area contributed by atoms with E-state index >= 15 is 4.11 Å². The molecule has 236 valence electrons. The molecule has 6 atom stereocenters. The van der Waals surface area contributed by atoms with Gasteiger partial charge in [-0.15, -0.1) is 0 Å². The summed E-state index contributed by atoms with van der Waals surface area (Å²) in [4.78, 5) is 44.3. The van der Waals surface area contributed by atoms with E-state index in [1.807, 2.05) is 31.2 Å². The van der Waals surface area contributed by atoms with Crippen LogP contribution in [0.1, 0.15) is 42.9 Å². The number of nitrogens with zero attached hydrogens (tertiary/aromatic N) is 2. The van der Waals surface area contributed by atoms with Crippen LogP contribution in [0, 0.1) is 11.8 Å². The number of carbonyl (C=O) groups excluding carboxylic acids is 3. The van der Waals surface area contributed by atoms with Gasteiger partial charge in [-0.2, -0.15) is 0 Å². The van der Waals surface area contributed by atoms with E-state index in [0.29, 0.717) is 36.4 Å². The molecule has 0 aliphatic carbocycles. The van der Waals surface area contributed by atoms with Gasteiger partial charge in [-0.25, -0.2) is 0 Å². The topological polar surface area (TPSA) is 111 Å². The normalized spacial score (nSPS) is 30.0. The average molecular weight is 623 g/mol. The molecule has 3 amide bonds. The molecule has 4 aliphatic rings. The van der Waals surface area contributed by atoms with Crippen LogP contribution >= 0.6 is 0 Å². The lowest BCUT2D eigenvalue weighted by Crippen LogP contribution is -2.48. The summed E-state index contributed by atoms with van der Waals surface area (Å²) >= 11 is 0. The molecule has 2 fully saturated rings. The van der Waals surface area contributed by atoms with Crippen molar-refractivity contribution in [2.45, 2.75) is 75.5 Å². The molecular weight excluding hydrogens is 579 g/mol. The van der Waals surface area contributed by atoms with E-state index in [9.17, 15) is 19.5 Å². The first kappa shape index (κ1) is 30.9. The van der Waals surface area contributed by atoms with Crippen molar-refractivity contribution in [3.63, 3.8) is 0 Å². The quantitative estimate of drug-likeness (QED) is 0.335. The molecule has 0 saturated carbocycles. The molecule has 2 aromatic rings. The number of amides is 3. The van der Waals surface area contributed by atoms with Crippen LogP contribution in [0.2, 0.25) is 18.6 Å². The van der Waals surface area contributed by atoms with Crippen molar-refractivity contribution in [1.82, 2.24) is 10.2 Å². The molecule has 1 spiro atoms. The minimum atomic E-state index is -3.47. The van der Waals surface area contributed by atoms with E-state index in [1.165, 1.54) is 0 Å². The van der Waals surface area contributed by atoms with Gasteiger partial charge in [-0.3, -0.25) is 14.4 Å². The number of aliphatic hydroxyl groups is 1. The average Bonchev–Trinajstić information content (AvgIpc) is 3.42. The Hall–Kier alpha value is -3.12. The summed E-state index contributed by atoms with van der Waals surface area (Å²) in [6.07, 6.45) is 1.37. The number of hydrogen-bond acceptors (Lipinski definition) is 6. The number of fused-ring (bicyclic) bond motifs is 3. The van der Waals surface area contributed by atoms with E-state index in [-0.39, 0.29) is 42.7 Å². The standard InChI is InChI=1S/C33H43FN4O5Si/c1-20-30(44(3,4)34)28(16-29(40)38-18-23-9-6-5-8-21(23)14-25(38)19-39)43-33(20)26-15-24(11-12-27(26)37(2)32(33)42)36-31(41)22-10-7-13-35-17-22/h5-6,8-9,11-12,15,20,22,25,28,30,35,39H,7,10,13-14,16-19H2,1-4H3,(H,36,41)/t20-,22?,25+,28+,30-,33+/m1/s1. The van der Waals surface area contributed by atoms with Crippen molar-refractivity contribution in [3.8, 4) is 0 Å². The zero-order chi connectivity index (χ0) is 31.4. The SMILES string of the molecule is C[C@@H]1[C@@H]([Si](C)(C)F)[C@H](CC(=O)N2Cc3ccccc3C[C@H]2CO)O[C@@]12C(=O)N(C)c1ccc(NC(=O)C3CCCNC3)cc12. The first-order valence-electron chi connectivity index (χ1n) is 15.7. The third-order valence-corrected chi connectivity index (χ3v) is 12.7. The molecule has 0 radical (unpaired) electrons. The Bertz CT molecular complexity index is 1460. The van der Waals surface area contributed by atoms with Gasteiger partial charge in [0.25, 0.3) is 5.91 Å². The van der Waals surface area contributed by atoms with Crippen LogP contribution in [-0.2, 0) is 37.7 Å².